The zero-order chi connectivity index (χ0) is 17.9. The van der Waals surface area contributed by atoms with Crippen molar-refractivity contribution < 1.29 is 0 Å². The lowest BCUT2D eigenvalue weighted by atomic mass is 9.78. The van der Waals surface area contributed by atoms with Crippen molar-refractivity contribution in [3.05, 3.63) is 38.5 Å². The van der Waals surface area contributed by atoms with Crippen LogP contribution in [0.25, 0.3) is 0 Å². The normalized spacial score (nSPS) is 10.2. The van der Waals surface area contributed by atoms with Crippen LogP contribution in [-0.4, -0.2) is 0 Å². The minimum atomic E-state index is 0. The molecule has 0 unspecified atom stereocenters. The van der Waals surface area contributed by atoms with Crippen molar-refractivity contribution in [2.75, 3.05) is 0 Å². The van der Waals surface area contributed by atoms with Gasteiger partial charge in [0.05, 0.1) is 0 Å². The molecule has 0 saturated heterocycles. The average Bonchev–Trinajstić information content (AvgIpc) is 2.39. The summed E-state index contributed by atoms with van der Waals surface area (Å²) in [7, 11) is 0. The largest absolute Gasteiger partial charge is 0.107 e. The Balaban J connectivity index is -0.0000000903. The summed E-state index contributed by atoms with van der Waals surface area (Å²) in [6.07, 6.45) is 8.98. The molecule has 1 heteroatoms. The quantitative estimate of drug-likeness (QED) is 0.295. The second-order valence-electron chi connectivity index (χ2n) is 6.63. The zero-order valence-corrected chi connectivity index (χ0v) is 19.2. The van der Waals surface area contributed by atoms with Crippen molar-refractivity contribution in [3.63, 3.8) is 0 Å². The molecule has 0 saturated carbocycles. The molecule has 0 amide bonds. The molecule has 0 spiro atoms. The van der Waals surface area contributed by atoms with Crippen LogP contribution >= 0.6 is 24.0 Å². The van der Waals surface area contributed by atoms with Crippen LogP contribution in [-0.2, 0) is 0 Å². The Morgan fingerprint density at radius 2 is 1.27 bits per heavy atom. The van der Waals surface area contributed by atoms with Crippen LogP contribution in [0.3, 0.4) is 0 Å². The van der Waals surface area contributed by atoms with Gasteiger partial charge in [-0.3, -0.25) is 0 Å². The SMILES string of the molecule is C=C.C=CC.C=CC.CC[C@@H](C)CCC(C)(C)CC(C)C.I. The van der Waals surface area contributed by atoms with Gasteiger partial charge in [-0.1, -0.05) is 66.5 Å². The van der Waals surface area contributed by atoms with Crippen LogP contribution in [0.4, 0.5) is 0 Å². The second-order valence-corrected chi connectivity index (χ2v) is 6.63. The summed E-state index contributed by atoms with van der Waals surface area (Å²) in [5.74, 6) is 1.75. The van der Waals surface area contributed by atoms with Crippen LogP contribution in [0, 0.1) is 17.3 Å². The predicted molar refractivity (Wildman–Crippen MR) is 120 cm³/mol. The van der Waals surface area contributed by atoms with Gasteiger partial charge >= 0.3 is 0 Å². The Morgan fingerprint density at radius 1 is 0.955 bits per heavy atom. The van der Waals surface area contributed by atoms with Crippen molar-refractivity contribution >= 4 is 24.0 Å². The molecule has 0 bridgehead atoms. The first-order valence-electron chi connectivity index (χ1n) is 8.34. The van der Waals surface area contributed by atoms with Gasteiger partial charge in [0.1, 0.15) is 0 Å². The van der Waals surface area contributed by atoms with Crippen molar-refractivity contribution in [1.29, 1.82) is 0 Å². The fourth-order valence-electron chi connectivity index (χ4n) is 2.05. The number of allylic oxidation sites excluding steroid dienone is 2. The lowest BCUT2D eigenvalue weighted by Crippen LogP contribution is -2.15. The summed E-state index contributed by atoms with van der Waals surface area (Å²) < 4.78 is 0. The molecule has 0 aromatic carbocycles. The Kier molecular flexibility index (Phi) is 39.4. The molecule has 0 nitrogen and oxygen atoms in total. The summed E-state index contributed by atoms with van der Waals surface area (Å²) in [5.41, 5.74) is 0.553. The highest BCUT2D eigenvalue weighted by Crippen LogP contribution is 2.32. The molecule has 0 rings (SSSR count). The molecule has 136 valence electrons. The van der Waals surface area contributed by atoms with Gasteiger partial charge in [-0.05, 0) is 43.9 Å². The van der Waals surface area contributed by atoms with Gasteiger partial charge in [-0.15, -0.1) is 50.3 Å². The Bertz CT molecular complexity index is 198. The molecule has 0 radical (unpaired) electrons. The standard InChI is InChI=1S/C13H28.2C3H6.C2H4.HI/c1-7-12(4)8-9-13(5,6)10-11(2)3;2*1-3-2;1-2;/h11-12H,7-10H2,1-6H3;2*3H,1H2,2H3;1-2H2;1H/t12-;;;;/m1..../s1. The molecular weight excluding hydrogens is 379 g/mol. The van der Waals surface area contributed by atoms with Gasteiger partial charge in [0.25, 0.3) is 0 Å². The van der Waals surface area contributed by atoms with E-state index in [4.69, 9.17) is 0 Å². The van der Waals surface area contributed by atoms with Crippen molar-refractivity contribution in [2.24, 2.45) is 17.3 Å². The molecule has 0 aliphatic heterocycles. The van der Waals surface area contributed by atoms with Gasteiger partial charge in [-0.25, -0.2) is 0 Å². The fourth-order valence-corrected chi connectivity index (χ4v) is 2.05. The number of hydrogen-bond donors (Lipinski definition) is 0. The van der Waals surface area contributed by atoms with E-state index in [1.54, 1.807) is 12.2 Å². The highest BCUT2D eigenvalue weighted by atomic mass is 127. The highest BCUT2D eigenvalue weighted by molar-refractivity contribution is 14.0. The van der Waals surface area contributed by atoms with E-state index in [1.807, 2.05) is 13.8 Å². The first-order chi connectivity index (χ1) is 9.70. The van der Waals surface area contributed by atoms with Gasteiger partial charge in [0, 0.05) is 0 Å². The lowest BCUT2D eigenvalue weighted by Gasteiger charge is -2.27. The maximum Gasteiger partial charge on any atom is -0.0352 e. The maximum atomic E-state index is 3.36. The Morgan fingerprint density at radius 3 is 1.50 bits per heavy atom. The second kappa shape index (κ2) is 25.9. The molecule has 0 aliphatic rings. The summed E-state index contributed by atoms with van der Waals surface area (Å²) in [5, 5.41) is 0. The van der Waals surface area contributed by atoms with Crippen LogP contribution in [0.5, 0.6) is 0 Å². The van der Waals surface area contributed by atoms with E-state index in [9.17, 15) is 0 Å². The van der Waals surface area contributed by atoms with Crippen LogP contribution in [0.1, 0.15) is 81.1 Å². The topological polar surface area (TPSA) is 0 Å². The third-order valence-electron chi connectivity index (χ3n) is 2.97. The maximum absolute atomic E-state index is 3.36. The minimum Gasteiger partial charge on any atom is -0.107 e. The summed E-state index contributed by atoms with van der Waals surface area (Å²) >= 11 is 0. The van der Waals surface area contributed by atoms with E-state index < -0.39 is 0 Å². The van der Waals surface area contributed by atoms with E-state index in [2.05, 4.69) is 67.9 Å². The van der Waals surface area contributed by atoms with E-state index in [0.29, 0.717) is 5.41 Å². The molecule has 22 heavy (non-hydrogen) atoms. The summed E-state index contributed by atoms with van der Waals surface area (Å²) in [6.45, 7) is 30.6. The van der Waals surface area contributed by atoms with Gasteiger partial charge in [0.15, 0.2) is 0 Å². The average molecular weight is 424 g/mol. The smallest absolute Gasteiger partial charge is 0.0352 e. The summed E-state index contributed by atoms with van der Waals surface area (Å²) in [6, 6.07) is 0. The number of halogens is 1. The predicted octanol–water partition coefficient (Wildman–Crippen LogP) is 8.69. The highest BCUT2D eigenvalue weighted by Gasteiger charge is 2.19. The first-order valence-corrected chi connectivity index (χ1v) is 8.34. The first kappa shape index (κ1) is 33.5. The van der Waals surface area contributed by atoms with Crippen LogP contribution in [0.2, 0.25) is 0 Å². The fraction of sp³-hybridized carbons (Fsp3) is 0.714. The molecule has 1 atom stereocenters. The molecule has 0 N–H and O–H groups in total. The third kappa shape index (κ3) is 42.7. The van der Waals surface area contributed by atoms with Crippen LogP contribution < -0.4 is 0 Å². The summed E-state index contributed by atoms with van der Waals surface area (Å²) in [4.78, 5) is 0. The van der Waals surface area contributed by atoms with E-state index >= 15 is 0 Å². The Hall–Kier alpha value is -0.0500. The van der Waals surface area contributed by atoms with Gasteiger partial charge in [-0.2, -0.15) is 0 Å². The monoisotopic (exact) mass is 424 g/mol. The van der Waals surface area contributed by atoms with Crippen LogP contribution in [0.15, 0.2) is 38.5 Å². The number of rotatable bonds is 6. The lowest BCUT2D eigenvalue weighted by molar-refractivity contribution is 0.242. The van der Waals surface area contributed by atoms with E-state index in [-0.39, 0.29) is 24.0 Å². The zero-order valence-electron chi connectivity index (χ0n) is 16.9. The molecule has 0 aromatic heterocycles. The molecule has 0 heterocycles. The number of hydrogen-bond acceptors (Lipinski definition) is 0. The van der Waals surface area contributed by atoms with Crippen molar-refractivity contribution in [1.82, 2.24) is 0 Å². The van der Waals surface area contributed by atoms with Gasteiger partial charge in [0.2, 0.25) is 0 Å². The van der Waals surface area contributed by atoms with E-state index in [0.717, 1.165) is 11.8 Å². The molecule has 0 aromatic rings. The Labute approximate surface area is 160 Å². The molecule has 0 fully saturated rings. The minimum absolute atomic E-state index is 0. The third-order valence-corrected chi connectivity index (χ3v) is 2.97. The molecular formula is C21H45I. The van der Waals surface area contributed by atoms with E-state index in [1.165, 1.54) is 25.7 Å². The molecule has 0 aliphatic carbocycles. The van der Waals surface area contributed by atoms with Gasteiger partial charge < -0.3 is 0 Å². The van der Waals surface area contributed by atoms with Crippen molar-refractivity contribution in [2.45, 2.75) is 81.1 Å². The van der Waals surface area contributed by atoms with Crippen molar-refractivity contribution in [3.8, 4) is 0 Å².